The summed E-state index contributed by atoms with van der Waals surface area (Å²) in [6, 6.07) is 6.49. The van der Waals surface area contributed by atoms with Crippen LogP contribution in [-0.4, -0.2) is 37.1 Å². The van der Waals surface area contributed by atoms with E-state index in [1.807, 2.05) is 18.2 Å². The first-order chi connectivity index (χ1) is 10.0. The zero-order valence-corrected chi connectivity index (χ0v) is 13.7. The Morgan fingerprint density at radius 3 is 2.71 bits per heavy atom. The zero-order chi connectivity index (χ0) is 15.1. The molecule has 2 aliphatic heterocycles. The van der Waals surface area contributed by atoms with Gasteiger partial charge in [0.25, 0.3) is 0 Å². The van der Waals surface area contributed by atoms with E-state index < -0.39 is 0 Å². The number of piperidine rings is 1. The Labute approximate surface area is 135 Å². The van der Waals surface area contributed by atoms with Crippen LogP contribution in [0.25, 0.3) is 0 Å². The molecule has 0 aromatic heterocycles. The molecule has 114 valence electrons. The highest BCUT2D eigenvalue weighted by Gasteiger charge is 2.49. The van der Waals surface area contributed by atoms with E-state index in [0.717, 1.165) is 24.8 Å². The van der Waals surface area contributed by atoms with Gasteiger partial charge in [-0.15, -0.1) is 0 Å². The van der Waals surface area contributed by atoms with Crippen LogP contribution in [0.4, 0.5) is 0 Å². The highest BCUT2D eigenvalue weighted by Crippen LogP contribution is 2.47. The monoisotopic (exact) mass is 327 g/mol. The highest BCUT2D eigenvalue weighted by atomic mass is 35.5. The number of carbonyl (C=O) groups is 1. The molecule has 2 bridgehead atoms. The predicted octanol–water partition coefficient (Wildman–Crippen LogP) is 3.73. The molecule has 2 aliphatic rings. The molecule has 2 fully saturated rings. The molecule has 1 aromatic carbocycles. The van der Waals surface area contributed by atoms with Crippen molar-refractivity contribution in [1.29, 1.82) is 0 Å². The van der Waals surface area contributed by atoms with Gasteiger partial charge in [-0.2, -0.15) is 0 Å². The lowest BCUT2D eigenvalue weighted by molar-refractivity contribution is -0.150. The van der Waals surface area contributed by atoms with E-state index in [2.05, 4.69) is 11.9 Å². The van der Waals surface area contributed by atoms with Crippen LogP contribution in [-0.2, 0) is 9.53 Å². The highest BCUT2D eigenvalue weighted by molar-refractivity contribution is 6.42. The van der Waals surface area contributed by atoms with E-state index in [-0.39, 0.29) is 23.8 Å². The molecule has 4 atom stereocenters. The molecule has 0 radical (unpaired) electrons. The molecular weight excluding hydrogens is 309 g/mol. The Balaban J connectivity index is 1.98. The standard InChI is InChI=1S/C16H19Cl2NO2/c1-19-10-4-6-14(19)15(16(20)21-2)11(8-10)9-3-5-12(17)13(18)7-9/h3,5,7,10-11,14-15H,4,6,8H2,1-2H3/t10-,11-,14+,15-/m0/s1. The number of rotatable bonds is 2. The van der Waals surface area contributed by atoms with Crippen molar-refractivity contribution in [2.45, 2.75) is 37.3 Å². The summed E-state index contributed by atoms with van der Waals surface area (Å²) >= 11 is 12.2. The van der Waals surface area contributed by atoms with Gasteiger partial charge in [-0.25, -0.2) is 0 Å². The van der Waals surface area contributed by atoms with Crippen molar-refractivity contribution in [2.75, 3.05) is 14.2 Å². The molecule has 0 amide bonds. The molecular formula is C16H19Cl2NO2. The number of fused-ring (bicyclic) bond motifs is 2. The molecule has 0 N–H and O–H groups in total. The number of ether oxygens (including phenoxy) is 1. The fourth-order valence-corrected chi connectivity index (χ4v) is 4.32. The Bertz CT molecular complexity index is 563. The maximum absolute atomic E-state index is 12.3. The Morgan fingerprint density at radius 2 is 2.05 bits per heavy atom. The van der Waals surface area contributed by atoms with Crippen molar-refractivity contribution in [2.24, 2.45) is 5.92 Å². The molecule has 0 unspecified atom stereocenters. The Kier molecular flexibility index (Phi) is 4.17. The molecule has 3 rings (SSSR count). The van der Waals surface area contributed by atoms with Crippen LogP contribution < -0.4 is 0 Å². The van der Waals surface area contributed by atoms with Crippen molar-refractivity contribution in [3.8, 4) is 0 Å². The number of carbonyl (C=O) groups excluding carboxylic acids is 1. The van der Waals surface area contributed by atoms with Crippen LogP contribution in [0, 0.1) is 5.92 Å². The van der Waals surface area contributed by atoms with Crippen molar-refractivity contribution < 1.29 is 9.53 Å². The van der Waals surface area contributed by atoms with Gasteiger partial charge in [0.15, 0.2) is 0 Å². The summed E-state index contributed by atoms with van der Waals surface area (Å²) in [5.41, 5.74) is 1.09. The Hall–Kier alpha value is -0.770. The molecule has 2 heterocycles. The number of hydrogen-bond acceptors (Lipinski definition) is 3. The summed E-state index contributed by atoms with van der Waals surface area (Å²) in [6.07, 6.45) is 3.16. The van der Waals surface area contributed by atoms with E-state index >= 15 is 0 Å². The van der Waals surface area contributed by atoms with Crippen molar-refractivity contribution in [1.82, 2.24) is 4.90 Å². The summed E-state index contributed by atoms with van der Waals surface area (Å²) in [5.74, 6) is -0.0971. The molecule has 2 saturated heterocycles. The van der Waals surface area contributed by atoms with Crippen molar-refractivity contribution in [3.05, 3.63) is 33.8 Å². The predicted molar refractivity (Wildman–Crippen MR) is 83.9 cm³/mol. The van der Waals surface area contributed by atoms with Crippen molar-refractivity contribution in [3.63, 3.8) is 0 Å². The van der Waals surface area contributed by atoms with Gasteiger partial charge in [-0.1, -0.05) is 29.3 Å². The minimum atomic E-state index is -0.129. The second kappa shape index (κ2) is 5.79. The van der Waals surface area contributed by atoms with Gasteiger partial charge < -0.3 is 4.74 Å². The van der Waals surface area contributed by atoms with Gasteiger partial charge >= 0.3 is 5.97 Å². The van der Waals surface area contributed by atoms with Gasteiger partial charge in [-0.3, -0.25) is 9.69 Å². The third kappa shape index (κ3) is 2.56. The second-order valence-corrected chi connectivity index (χ2v) is 6.84. The SMILES string of the molecule is COC(=O)[C@@H]1[C@H]2CC[C@@H](C[C@H]1c1ccc(Cl)c(Cl)c1)N2C. The van der Waals surface area contributed by atoms with Crippen LogP contribution in [0.3, 0.4) is 0 Å². The number of halogens is 2. The van der Waals surface area contributed by atoms with E-state index in [0.29, 0.717) is 16.1 Å². The second-order valence-electron chi connectivity index (χ2n) is 6.03. The summed E-state index contributed by atoms with van der Waals surface area (Å²) in [7, 11) is 3.58. The number of benzene rings is 1. The number of methoxy groups -OCH3 is 1. The van der Waals surface area contributed by atoms with Crippen LogP contribution >= 0.6 is 23.2 Å². The quantitative estimate of drug-likeness (QED) is 0.775. The van der Waals surface area contributed by atoms with Crippen LogP contribution in [0.5, 0.6) is 0 Å². The molecule has 0 aliphatic carbocycles. The van der Waals surface area contributed by atoms with Gasteiger partial charge in [-0.05, 0) is 44.0 Å². The molecule has 21 heavy (non-hydrogen) atoms. The molecule has 1 aromatic rings. The maximum atomic E-state index is 12.3. The summed E-state index contributed by atoms with van der Waals surface area (Å²) in [4.78, 5) is 14.7. The molecule has 5 heteroatoms. The fourth-order valence-electron chi connectivity index (χ4n) is 4.01. The van der Waals surface area contributed by atoms with Crippen molar-refractivity contribution >= 4 is 29.2 Å². The third-order valence-corrected chi connectivity index (χ3v) is 5.85. The number of esters is 1. The lowest BCUT2D eigenvalue weighted by atomic mass is 9.76. The topological polar surface area (TPSA) is 29.5 Å². The van der Waals surface area contributed by atoms with E-state index in [1.165, 1.54) is 7.11 Å². The van der Waals surface area contributed by atoms with E-state index in [4.69, 9.17) is 27.9 Å². The molecule has 3 nitrogen and oxygen atoms in total. The summed E-state index contributed by atoms with van der Waals surface area (Å²) in [5, 5.41) is 1.09. The minimum Gasteiger partial charge on any atom is -0.469 e. The third-order valence-electron chi connectivity index (χ3n) is 5.11. The largest absolute Gasteiger partial charge is 0.469 e. The lowest BCUT2D eigenvalue weighted by Gasteiger charge is -2.41. The maximum Gasteiger partial charge on any atom is 0.310 e. The molecule has 0 spiro atoms. The summed E-state index contributed by atoms with van der Waals surface area (Å²) in [6.45, 7) is 0. The Morgan fingerprint density at radius 1 is 1.29 bits per heavy atom. The van der Waals surface area contributed by atoms with Gasteiger partial charge in [0.2, 0.25) is 0 Å². The summed E-state index contributed by atoms with van der Waals surface area (Å²) < 4.78 is 5.07. The lowest BCUT2D eigenvalue weighted by Crippen LogP contribution is -2.49. The van der Waals surface area contributed by atoms with Crippen LogP contribution in [0.2, 0.25) is 10.0 Å². The minimum absolute atomic E-state index is 0.122. The average molecular weight is 328 g/mol. The normalized spacial score (nSPS) is 32.2. The zero-order valence-electron chi connectivity index (χ0n) is 12.2. The van der Waals surface area contributed by atoms with Gasteiger partial charge in [0.1, 0.15) is 0 Å². The van der Waals surface area contributed by atoms with Gasteiger partial charge in [0, 0.05) is 18.0 Å². The first-order valence-electron chi connectivity index (χ1n) is 7.27. The number of hydrogen-bond donors (Lipinski definition) is 0. The fraction of sp³-hybridized carbons (Fsp3) is 0.562. The van der Waals surface area contributed by atoms with E-state index in [1.54, 1.807) is 0 Å². The van der Waals surface area contributed by atoms with Crippen LogP contribution in [0.15, 0.2) is 18.2 Å². The average Bonchev–Trinajstić information content (AvgIpc) is 2.72. The van der Waals surface area contributed by atoms with Gasteiger partial charge in [0.05, 0.1) is 23.1 Å². The number of nitrogens with zero attached hydrogens (tertiary/aromatic N) is 1. The van der Waals surface area contributed by atoms with E-state index in [9.17, 15) is 4.79 Å². The molecule has 0 saturated carbocycles. The smallest absolute Gasteiger partial charge is 0.310 e. The first kappa shape index (κ1) is 15.1. The van der Waals surface area contributed by atoms with Crippen LogP contribution in [0.1, 0.15) is 30.7 Å². The first-order valence-corrected chi connectivity index (χ1v) is 8.03.